The molecule has 1 aliphatic rings. The third kappa shape index (κ3) is 11.0. The zero-order valence-electron chi connectivity index (χ0n) is 13.1. The number of nitrogens with one attached hydrogen (secondary N) is 2. The molecular formula is C15H30IN3O2. The first-order chi connectivity index (χ1) is 9.86. The SMILES string of the molecule is C=CCNC(=NCCCOCC1CCOCC1)NCC.I. The lowest BCUT2D eigenvalue weighted by atomic mass is 10.0. The molecule has 0 amide bonds. The zero-order valence-corrected chi connectivity index (χ0v) is 15.4. The number of halogens is 1. The highest BCUT2D eigenvalue weighted by Crippen LogP contribution is 2.14. The lowest BCUT2D eigenvalue weighted by Gasteiger charge is -2.21. The monoisotopic (exact) mass is 411 g/mol. The van der Waals surface area contributed by atoms with E-state index in [1.54, 1.807) is 0 Å². The van der Waals surface area contributed by atoms with Crippen LogP contribution in [0.15, 0.2) is 17.6 Å². The van der Waals surface area contributed by atoms with Crippen LogP contribution in [-0.4, -0.2) is 52.0 Å². The average Bonchev–Trinajstić information content (AvgIpc) is 2.49. The van der Waals surface area contributed by atoms with Crippen LogP contribution in [0.25, 0.3) is 0 Å². The predicted molar refractivity (Wildman–Crippen MR) is 98.6 cm³/mol. The highest BCUT2D eigenvalue weighted by Gasteiger charge is 2.13. The molecule has 0 aliphatic carbocycles. The fourth-order valence-corrected chi connectivity index (χ4v) is 2.03. The molecule has 1 rings (SSSR count). The van der Waals surface area contributed by atoms with Crippen LogP contribution >= 0.6 is 24.0 Å². The second-order valence-corrected chi connectivity index (χ2v) is 4.91. The molecule has 0 unspecified atom stereocenters. The van der Waals surface area contributed by atoms with E-state index in [2.05, 4.69) is 29.1 Å². The summed E-state index contributed by atoms with van der Waals surface area (Å²) in [7, 11) is 0. The summed E-state index contributed by atoms with van der Waals surface area (Å²) >= 11 is 0. The Hall–Kier alpha value is -0.340. The second kappa shape index (κ2) is 14.6. The van der Waals surface area contributed by atoms with E-state index in [0.717, 1.165) is 71.3 Å². The van der Waals surface area contributed by atoms with Crippen molar-refractivity contribution in [2.24, 2.45) is 10.9 Å². The van der Waals surface area contributed by atoms with E-state index in [-0.39, 0.29) is 24.0 Å². The normalized spacial score (nSPS) is 16.1. The second-order valence-electron chi connectivity index (χ2n) is 4.91. The minimum absolute atomic E-state index is 0. The minimum Gasteiger partial charge on any atom is -0.381 e. The first-order valence-electron chi connectivity index (χ1n) is 7.65. The predicted octanol–water partition coefficient (Wildman–Crippen LogP) is 2.18. The highest BCUT2D eigenvalue weighted by atomic mass is 127. The van der Waals surface area contributed by atoms with Gasteiger partial charge in [-0.15, -0.1) is 30.6 Å². The summed E-state index contributed by atoms with van der Waals surface area (Å²) in [6.07, 6.45) is 5.04. The summed E-state index contributed by atoms with van der Waals surface area (Å²) in [5, 5.41) is 6.38. The van der Waals surface area contributed by atoms with Gasteiger partial charge >= 0.3 is 0 Å². The van der Waals surface area contributed by atoms with E-state index < -0.39 is 0 Å². The minimum atomic E-state index is 0. The molecule has 0 spiro atoms. The summed E-state index contributed by atoms with van der Waals surface area (Å²) < 4.78 is 11.0. The number of ether oxygens (including phenoxy) is 2. The number of guanidine groups is 1. The maximum absolute atomic E-state index is 5.71. The summed E-state index contributed by atoms with van der Waals surface area (Å²) in [5.74, 6) is 1.52. The lowest BCUT2D eigenvalue weighted by Crippen LogP contribution is -2.37. The summed E-state index contributed by atoms with van der Waals surface area (Å²) in [6, 6.07) is 0. The molecule has 0 radical (unpaired) electrons. The Morgan fingerprint density at radius 1 is 1.38 bits per heavy atom. The molecule has 21 heavy (non-hydrogen) atoms. The highest BCUT2D eigenvalue weighted by molar-refractivity contribution is 14.0. The molecule has 0 saturated carbocycles. The molecular weight excluding hydrogens is 381 g/mol. The molecule has 0 aromatic rings. The Balaban J connectivity index is 0.00000400. The van der Waals surface area contributed by atoms with Gasteiger partial charge in [0.05, 0.1) is 0 Å². The van der Waals surface area contributed by atoms with Crippen molar-refractivity contribution in [2.75, 3.05) is 46.1 Å². The van der Waals surface area contributed by atoms with E-state index in [1.807, 2.05) is 6.08 Å². The quantitative estimate of drug-likeness (QED) is 0.201. The summed E-state index contributed by atoms with van der Waals surface area (Å²) in [4.78, 5) is 4.48. The molecule has 124 valence electrons. The summed E-state index contributed by atoms with van der Waals surface area (Å²) in [6.45, 7) is 11.5. The van der Waals surface area contributed by atoms with Crippen molar-refractivity contribution in [2.45, 2.75) is 26.2 Å². The van der Waals surface area contributed by atoms with Gasteiger partial charge < -0.3 is 20.1 Å². The fourth-order valence-electron chi connectivity index (χ4n) is 2.03. The Kier molecular flexibility index (Phi) is 14.4. The van der Waals surface area contributed by atoms with Crippen molar-refractivity contribution in [1.82, 2.24) is 10.6 Å². The van der Waals surface area contributed by atoms with Crippen molar-refractivity contribution in [3.8, 4) is 0 Å². The molecule has 0 aromatic heterocycles. The molecule has 0 aromatic carbocycles. The number of nitrogens with zero attached hydrogens (tertiary/aromatic N) is 1. The molecule has 0 atom stereocenters. The Morgan fingerprint density at radius 2 is 2.14 bits per heavy atom. The van der Waals surface area contributed by atoms with E-state index in [1.165, 1.54) is 0 Å². The first-order valence-corrected chi connectivity index (χ1v) is 7.65. The molecule has 1 heterocycles. The van der Waals surface area contributed by atoms with E-state index >= 15 is 0 Å². The van der Waals surface area contributed by atoms with Gasteiger partial charge in [0.15, 0.2) is 5.96 Å². The van der Waals surface area contributed by atoms with Crippen LogP contribution in [0.2, 0.25) is 0 Å². The van der Waals surface area contributed by atoms with Gasteiger partial charge in [-0.25, -0.2) is 0 Å². The van der Waals surface area contributed by atoms with Crippen molar-refractivity contribution in [3.05, 3.63) is 12.7 Å². The van der Waals surface area contributed by atoms with Crippen LogP contribution in [0, 0.1) is 5.92 Å². The standard InChI is InChI=1S/C15H29N3O2.HI/c1-3-8-17-15(16-4-2)18-9-5-10-20-13-14-6-11-19-12-7-14;/h3,14H,1,4-13H2,2H3,(H2,16,17,18);1H. The number of rotatable bonds is 9. The third-order valence-corrected chi connectivity index (χ3v) is 3.17. The van der Waals surface area contributed by atoms with Crippen molar-refractivity contribution in [3.63, 3.8) is 0 Å². The van der Waals surface area contributed by atoms with Crippen molar-refractivity contribution >= 4 is 29.9 Å². The van der Waals surface area contributed by atoms with Gasteiger partial charge in [0.25, 0.3) is 0 Å². The van der Waals surface area contributed by atoms with Gasteiger partial charge in [0, 0.05) is 46.1 Å². The maximum Gasteiger partial charge on any atom is 0.191 e. The molecule has 1 fully saturated rings. The number of hydrogen-bond donors (Lipinski definition) is 2. The fraction of sp³-hybridized carbons (Fsp3) is 0.800. The van der Waals surface area contributed by atoms with Gasteiger partial charge in [-0.1, -0.05) is 6.08 Å². The number of hydrogen-bond acceptors (Lipinski definition) is 3. The molecule has 2 N–H and O–H groups in total. The third-order valence-electron chi connectivity index (χ3n) is 3.17. The Bertz CT molecular complexity index is 282. The average molecular weight is 411 g/mol. The van der Waals surface area contributed by atoms with Gasteiger partial charge in [0.2, 0.25) is 0 Å². The van der Waals surface area contributed by atoms with Crippen LogP contribution in [0.1, 0.15) is 26.2 Å². The van der Waals surface area contributed by atoms with Crippen LogP contribution in [0.3, 0.4) is 0 Å². The molecule has 1 aliphatic heterocycles. The molecule has 6 heteroatoms. The van der Waals surface area contributed by atoms with E-state index in [4.69, 9.17) is 9.47 Å². The van der Waals surface area contributed by atoms with Crippen LogP contribution < -0.4 is 10.6 Å². The zero-order chi connectivity index (χ0) is 14.5. The van der Waals surface area contributed by atoms with Gasteiger partial charge in [-0.2, -0.15) is 0 Å². The van der Waals surface area contributed by atoms with Gasteiger partial charge in [-0.05, 0) is 32.1 Å². The summed E-state index contributed by atoms with van der Waals surface area (Å²) in [5.41, 5.74) is 0. The molecule has 0 bridgehead atoms. The number of aliphatic imine (C=N–C) groups is 1. The molecule has 1 saturated heterocycles. The topological polar surface area (TPSA) is 54.9 Å². The van der Waals surface area contributed by atoms with Gasteiger partial charge in [0.1, 0.15) is 0 Å². The van der Waals surface area contributed by atoms with Crippen LogP contribution in [0.4, 0.5) is 0 Å². The van der Waals surface area contributed by atoms with E-state index in [9.17, 15) is 0 Å². The Labute approximate surface area is 146 Å². The largest absolute Gasteiger partial charge is 0.381 e. The van der Waals surface area contributed by atoms with Crippen LogP contribution in [0.5, 0.6) is 0 Å². The van der Waals surface area contributed by atoms with E-state index in [0.29, 0.717) is 5.92 Å². The van der Waals surface area contributed by atoms with Crippen LogP contribution in [-0.2, 0) is 9.47 Å². The molecule has 5 nitrogen and oxygen atoms in total. The van der Waals surface area contributed by atoms with Crippen molar-refractivity contribution < 1.29 is 9.47 Å². The first kappa shape index (κ1) is 20.7. The van der Waals surface area contributed by atoms with Gasteiger partial charge in [-0.3, -0.25) is 4.99 Å². The maximum atomic E-state index is 5.71. The smallest absolute Gasteiger partial charge is 0.191 e. The Morgan fingerprint density at radius 3 is 2.81 bits per heavy atom. The lowest BCUT2D eigenvalue weighted by molar-refractivity contribution is 0.0205. The van der Waals surface area contributed by atoms with Crippen molar-refractivity contribution in [1.29, 1.82) is 0 Å².